The van der Waals surface area contributed by atoms with Crippen LogP contribution in [0.3, 0.4) is 0 Å². The van der Waals surface area contributed by atoms with E-state index < -0.39 is 5.97 Å². The number of hydrogen-bond donors (Lipinski definition) is 1. The molecule has 2 unspecified atom stereocenters. The number of carboxylic acids is 1. The highest BCUT2D eigenvalue weighted by molar-refractivity contribution is 5.70. The summed E-state index contributed by atoms with van der Waals surface area (Å²) in [4.78, 5) is 15.7. The van der Waals surface area contributed by atoms with Crippen molar-refractivity contribution >= 4 is 5.97 Å². The molecule has 110 valence electrons. The molecule has 2 aliphatic rings. The van der Waals surface area contributed by atoms with Crippen LogP contribution in [0.4, 0.5) is 0 Å². The van der Waals surface area contributed by atoms with Gasteiger partial charge in [-0.25, -0.2) is 0 Å². The van der Waals surface area contributed by atoms with E-state index in [1.54, 1.807) is 0 Å². The van der Waals surface area contributed by atoms with E-state index in [9.17, 15) is 4.79 Å². The maximum atomic E-state index is 10.9. The zero-order chi connectivity index (χ0) is 14.0. The Bertz CT molecular complexity index is 316. The summed E-state index contributed by atoms with van der Waals surface area (Å²) in [5, 5.41) is 8.97. The van der Waals surface area contributed by atoms with E-state index >= 15 is 0 Å². The number of morpholine rings is 1. The van der Waals surface area contributed by atoms with E-state index in [1.807, 2.05) is 6.92 Å². The molecular formula is C14H26N2O3. The Morgan fingerprint density at radius 2 is 2.00 bits per heavy atom. The van der Waals surface area contributed by atoms with Crippen molar-refractivity contribution in [1.29, 1.82) is 0 Å². The lowest BCUT2D eigenvalue weighted by Crippen LogP contribution is -2.56. The second-order valence-electron chi connectivity index (χ2n) is 6.19. The SMILES string of the molecule is CC(C(=O)O)C1CN(CC2CN(C(C)C)CCO2)C1. The molecule has 2 fully saturated rings. The molecule has 0 bridgehead atoms. The first-order valence-electron chi connectivity index (χ1n) is 7.28. The van der Waals surface area contributed by atoms with Gasteiger partial charge < -0.3 is 14.7 Å². The Hall–Kier alpha value is -0.650. The molecular weight excluding hydrogens is 244 g/mol. The second kappa shape index (κ2) is 6.20. The molecule has 2 saturated heterocycles. The number of nitrogens with zero attached hydrogens (tertiary/aromatic N) is 2. The molecule has 2 atom stereocenters. The van der Waals surface area contributed by atoms with Gasteiger partial charge in [0.05, 0.1) is 18.6 Å². The molecule has 19 heavy (non-hydrogen) atoms. The van der Waals surface area contributed by atoms with Gasteiger partial charge in [0.2, 0.25) is 0 Å². The van der Waals surface area contributed by atoms with Crippen LogP contribution in [0.15, 0.2) is 0 Å². The van der Waals surface area contributed by atoms with Gasteiger partial charge in [0, 0.05) is 38.8 Å². The van der Waals surface area contributed by atoms with Crippen LogP contribution in [-0.4, -0.2) is 72.4 Å². The summed E-state index contributed by atoms with van der Waals surface area (Å²) in [7, 11) is 0. The normalized spacial score (nSPS) is 28.3. The van der Waals surface area contributed by atoms with Crippen molar-refractivity contribution in [2.75, 3.05) is 39.3 Å². The van der Waals surface area contributed by atoms with Crippen LogP contribution in [0, 0.1) is 11.8 Å². The van der Waals surface area contributed by atoms with E-state index in [-0.39, 0.29) is 12.0 Å². The molecule has 2 aliphatic heterocycles. The fourth-order valence-electron chi connectivity index (χ4n) is 2.89. The fourth-order valence-corrected chi connectivity index (χ4v) is 2.89. The molecule has 2 heterocycles. The number of rotatable bonds is 5. The average Bonchev–Trinajstić information content (AvgIpc) is 2.32. The van der Waals surface area contributed by atoms with E-state index in [2.05, 4.69) is 23.6 Å². The Morgan fingerprint density at radius 3 is 2.58 bits per heavy atom. The molecule has 1 N–H and O–H groups in total. The number of likely N-dealkylation sites (tertiary alicyclic amines) is 1. The lowest BCUT2D eigenvalue weighted by Gasteiger charge is -2.44. The van der Waals surface area contributed by atoms with E-state index in [4.69, 9.17) is 9.84 Å². The standard InChI is InChI=1S/C14H26N2O3/c1-10(2)16-4-5-19-13(9-16)8-15-6-12(7-15)11(3)14(17)18/h10-13H,4-9H2,1-3H3,(H,17,18). The summed E-state index contributed by atoms with van der Waals surface area (Å²) in [5.41, 5.74) is 0. The van der Waals surface area contributed by atoms with Crippen LogP contribution in [-0.2, 0) is 9.53 Å². The summed E-state index contributed by atoms with van der Waals surface area (Å²) in [6.07, 6.45) is 0.275. The first-order chi connectivity index (χ1) is 8.97. The average molecular weight is 270 g/mol. The first-order valence-corrected chi connectivity index (χ1v) is 7.28. The number of hydrogen-bond acceptors (Lipinski definition) is 4. The van der Waals surface area contributed by atoms with Crippen LogP contribution in [0.2, 0.25) is 0 Å². The molecule has 0 aromatic heterocycles. The van der Waals surface area contributed by atoms with Gasteiger partial charge in [-0.2, -0.15) is 0 Å². The highest BCUT2D eigenvalue weighted by atomic mass is 16.5. The summed E-state index contributed by atoms with van der Waals surface area (Å²) in [6, 6.07) is 0.572. The predicted octanol–water partition coefficient (Wildman–Crippen LogP) is 0.748. The first kappa shape index (κ1) is 14.8. The summed E-state index contributed by atoms with van der Waals surface area (Å²) in [5.74, 6) is -0.595. The predicted molar refractivity (Wildman–Crippen MR) is 73.2 cm³/mol. The molecule has 0 aromatic carbocycles. The van der Waals surface area contributed by atoms with Gasteiger partial charge in [-0.15, -0.1) is 0 Å². The van der Waals surface area contributed by atoms with Crippen LogP contribution in [0.5, 0.6) is 0 Å². The Balaban J connectivity index is 1.71. The smallest absolute Gasteiger partial charge is 0.306 e. The fraction of sp³-hybridized carbons (Fsp3) is 0.929. The summed E-state index contributed by atoms with van der Waals surface area (Å²) < 4.78 is 5.81. The zero-order valence-electron chi connectivity index (χ0n) is 12.2. The number of aliphatic carboxylic acids is 1. The molecule has 0 aromatic rings. The minimum atomic E-state index is -0.676. The Morgan fingerprint density at radius 1 is 1.32 bits per heavy atom. The minimum Gasteiger partial charge on any atom is -0.481 e. The lowest BCUT2D eigenvalue weighted by atomic mass is 9.87. The minimum absolute atomic E-state index is 0.226. The monoisotopic (exact) mass is 270 g/mol. The Labute approximate surface area is 115 Å². The van der Waals surface area contributed by atoms with Gasteiger partial charge in [-0.05, 0) is 19.8 Å². The van der Waals surface area contributed by atoms with Gasteiger partial charge in [0.25, 0.3) is 0 Å². The van der Waals surface area contributed by atoms with E-state index in [1.165, 1.54) is 0 Å². The molecule has 5 heteroatoms. The maximum absolute atomic E-state index is 10.9. The van der Waals surface area contributed by atoms with Crippen molar-refractivity contribution in [1.82, 2.24) is 9.80 Å². The highest BCUT2D eigenvalue weighted by Crippen LogP contribution is 2.25. The summed E-state index contributed by atoms with van der Waals surface area (Å²) >= 11 is 0. The molecule has 0 spiro atoms. The van der Waals surface area contributed by atoms with Crippen LogP contribution in [0.25, 0.3) is 0 Å². The highest BCUT2D eigenvalue weighted by Gasteiger charge is 2.36. The number of ether oxygens (including phenoxy) is 1. The van der Waals surface area contributed by atoms with Gasteiger partial charge in [-0.1, -0.05) is 6.92 Å². The second-order valence-corrected chi connectivity index (χ2v) is 6.19. The van der Waals surface area contributed by atoms with Crippen molar-refractivity contribution in [2.45, 2.75) is 32.9 Å². The summed E-state index contributed by atoms with van der Waals surface area (Å²) in [6.45, 7) is 11.8. The third-order valence-corrected chi connectivity index (χ3v) is 4.44. The number of carbonyl (C=O) groups is 1. The molecule has 0 radical (unpaired) electrons. The van der Waals surface area contributed by atoms with Gasteiger partial charge in [0.15, 0.2) is 0 Å². The molecule has 0 saturated carbocycles. The van der Waals surface area contributed by atoms with E-state index in [0.717, 1.165) is 39.3 Å². The van der Waals surface area contributed by atoms with Crippen molar-refractivity contribution in [3.8, 4) is 0 Å². The van der Waals surface area contributed by atoms with Crippen LogP contribution < -0.4 is 0 Å². The van der Waals surface area contributed by atoms with Gasteiger partial charge >= 0.3 is 5.97 Å². The van der Waals surface area contributed by atoms with Crippen molar-refractivity contribution < 1.29 is 14.6 Å². The van der Waals surface area contributed by atoms with E-state index in [0.29, 0.717) is 12.0 Å². The molecule has 5 nitrogen and oxygen atoms in total. The van der Waals surface area contributed by atoms with Crippen LogP contribution >= 0.6 is 0 Å². The molecule has 0 aliphatic carbocycles. The van der Waals surface area contributed by atoms with Crippen molar-refractivity contribution in [2.24, 2.45) is 11.8 Å². The quantitative estimate of drug-likeness (QED) is 0.799. The van der Waals surface area contributed by atoms with Crippen LogP contribution in [0.1, 0.15) is 20.8 Å². The zero-order valence-corrected chi connectivity index (χ0v) is 12.2. The largest absolute Gasteiger partial charge is 0.481 e. The topological polar surface area (TPSA) is 53.0 Å². The van der Waals surface area contributed by atoms with Gasteiger partial charge in [0.1, 0.15) is 0 Å². The molecule has 0 amide bonds. The van der Waals surface area contributed by atoms with Gasteiger partial charge in [-0.3, -0.25) is 9.69 Å². The number of carboxylic acid groups (broad SMARTS) is 1. The third-order valence-electron chi connectivity index (χ3n) is 4.44. The lowest BCUT2D eigenvalue weighted by molar-refractivity contribution is -0.146. The Kier molecular flexibility index (Phi) is 4.81. The maximum Gasteiger partial charge on any atom is 0.306 e. The van der Waals surface area contributed by atoms with Crippen molar-refractivity contribution in [3.63, 3.8) is 0 Å². The van der Waals surface area contributed by atoms with Crippen molar-refractivity contribution in [3.05, 3.63) is 0 Å². The molecule has 2 rings (SSSR count). The third kappa shape index (κ3) is 3.68.